The first-order chi connectivity index (χ1) is 8.88. The number of piperidine rings is 1. The maximum Gasteiger partial charge on any atom is 0.0457 e. The van der Waals surface area contributed by atoms with Crippen LogP contribution in [0.3, 0.4) is 0 Å². The van der Waals surface area contributed by atoms with E-state index in [1.54, 1.807) is 0 Å². The maximum atomic E-state index is 3.31. The first kappa shape index (κ1) is 10.6. The van der Waals surface area contributed by atoms with Crippen LogP contribution in [0.5, 0.6) is 0 Å². The Morgan fingerprint density at radius 1 is 1.11 bits per heavy atom. The van der Waals surface area contributed by atoms with Crippen LogP contribution < -0.4 is 0 Å². The van der Waals surface area contributed by atoms with E-state index in [-0.39, 0.29) is 0 Å². The predicted molar refractivity (Wildman–Crippen MR) is 74.4 cm³/mol. The molecule has 1 saturated carbocycles. The fraction of sp³-hybridized carbons (Fsp3) is 0.500. The molecule has 2 heterocycles. The van der Waals surface area contributed by atoms with Crippen LogP contribution in [0.25, 0.3) is 10.9 Å². The molecule has 0 amide bonds. The molecule has 1 N–H and O–H groups in total. The van der Waals surface area contributed by atoms with Gasteiger partial charge in [-0.05, 0) is 48.8 Å². The van der Waals surface area contributed by atoms with Crippen molar-refractivity contribution in [2.24, 2.45) is 11.8 Å². The molecule has 2 heteroatoms. The number of H-pyrrole nitrogens is 1. The lowest BCUT2D eigenvalue weighted by molar-refractivity contribution is 0.161. The molecule has 1 saturated heterocycles. The molecular formula is C16H20N2. The SMILES string of the molecule is c1cc(CN2C[C@@H]3CC[C@@H](C3)C2)c2cc[nH]c2c1. The van der Waals surface area contributed by atoms with Crippen LogP contribution in [0.1, 0.15) is 24.8 Å². The molecule has 1 aliphatic carbocycles. The van der Waals surface area contributed by atoms with Gasteiger partial charge in [-0.3, -0.25) is 4.90 Å². The summed E-state index contributed by atoms with van der Waals surface area (Å²) in [6, 6.07) is 8.83. The summed E-state index contributed by atoms with van der Waals surface area (Å²) in [5.74, 6) is 1.96. The number of hydrogen-bond donors (Lipinski definition) is 1. The van der Waals surface area contributed by atoms with E-state index < -0.39 is 0 Å². The molecule has 94 valence electrons. The highest BCUT2D eigenvalue weighted by Crippen LogP contribution is 2.37. The lowest BCUT2D eigenvalue weighted by atomic mass is 9.98. The standard InChI is InChI=1S/C16H20N2/c1-2-14(15-6-7-17-16(15)3-1)11-18-9-12-4-5-13(8-12)10-18/h1-3,6-7,12-13,17H,4-5,8-11H2/t12-,13+. The van der Waals surface area contributed by atoms with Crippen LogP contribution >= 0.6 is 0 Å². The zero-order chi connectivity index (χ0) is 11.9. The summed E-state index contributed by atoms with van der Waals surface area (Å²) in [5.41, 5.74) is 2.75. The Morgan fingerprint density at radius 2 is 1.94 bits per heavy atom. The van der Waals surface area contributed by atoms with E-state index >= 15 is 0 Å². The number of fused-ring (bicyclic) bond motifs is 3. The molecule has 0 unspecified atom stereocenters. The van der Waals surface area contributed by atoms with Crippen LogP contribution in [-0.2, 0) is 6.54 Å². The molecule has 2 fully saturated rings. The summed E-state index contributed by atoms with van der Waals surface area (Å²) in [6.45, 7) is 3.76. The molecule has 18 heavy (non-hydrogen) atoms. The van der Waals surface area contributed by atoms with Crippen LogP contribution in [0.4, 0.5) is 0 Å². The number of hydrogen-bond acceptors (Lipinski definition) is 1. The van der Waals surface area contributed by atoms with Gasteiger partial charge in [0.1, 0.15) is 0 Å². The van der Waals surface area contributed by atoms with Gasteiger partial charge in [0.25, 0.3) is 0 Å². The molecule has 1 aromatic carbocycles. The van der Waals surface area contributed by atoms with Gasteiger partial charge in [0.05, 0.1) is 0 Å². The van der Waals surface area contributed by atoms with E-state index in [1.807, 2.05) is 6.20 Å². The van der Waals surface area contributed by atoms with E-state index in [2.05, 4.69) is 34.1 Å². The van der Waals surface area contributed by atoms with Crippen LogP contribution in [-0.4, -0.2) is 23.0 Å². The van der Waals surface area contributed by atoms with Gasteiger partial charge in [-0.1, -0.05) is 12.1 Å². The van der Waals surface area contributed by atoms with Gasteiger partial charge < -0.3 is 4.98 Å². The van der Waals surface area contributed by atoms with Crippen LogP contribution in [0, 0.1) is 11.8 Å². The quantitative estimate of drug-likeness (QED) is 0.852. The van der Waals surface area contributed by atoms with Crippen molar-refractivity contribution in [3.8, 4) is 0 Å². The molecule has 1 aromatic heterocycles. The molecule has 0 spiro atoms. The molecule has 0 radical (unpaired) electrons. The van der Waals surface area contributed by atoms with E-state index in [1.165, 1.54) is 48.8 Å². The average molecular weight is 240 g/mol. The third kappa shape index (κ3) is 1.76. The molecule has 2 bridgehead atoms. The van der Waals surface area contributed by atoms with E-state index in [4.69, 9.17) is 0 Å². The van der Waals surface area contributed by atoms with E-state index in [0.29, 0.717) is 0 Å². The topological polar surface area (TPSA) is 19.0 Å². The van der Waals surface area contributed by atoms with E-state index in [0.717, 1.165) is 18.4 Å². The highest BCUT2D eigenvalue weighted by Gasteiger charge is 2.32. The number of likely N-dealkylation sites (tertiary alicyclic amines) is 1. The Morgan fingerprint density at radius 3 is 2.78 bits per heavy atom. The first-order valence-electron chi connectivity index (χ1n) is 7.16. The third-order valence-corrected chi connectivity index (χ3v) is 4.76. The Bertz CT molecular complexity index is 545. The van der Waals surface area contributed by atoms with Gasteiger partial charge in [-0.2, -0.15) is 0 Å². The first-order valence-corrected chi connectivity index (χ1v) is 7.16. The van der Waals surface area contributed by atoms with Crippen molar-refractivity contribution in [3.63, 3.8) is 0 Å². The van der Waals surface area contributed by atoms with Crippen molar-refractivity contribution in [3.05, 3.63) is 36.0 Å². The summed E-state index contributed by atoms with van der Waals surface area (Å²) in [5, 5.41) is 1.40. The lowest BCUT2D eigenvalue weighted by Crippen LogP contribution is -2.35. The molecule has 2 nitrogen and oxygen atoms in total. The van der Waals surface area contributed by atoms with Gasteiger partial charge in [0.2, 0.25) is 0 Å². The van der Waals surface area contributed by atoms with Gasteiger partial charge in [0.15, 0.2) is 0 Å². The monoisotopic (exact) mass is 240 g/mol. The number of benzene rings is 1. The molecule has 1 aliphatic heterocycles. The second kappa shape index (κ2) is 4.13. The number of rotatable bonds is 2. The largest absolute Gasteiger partial charge is 0.361 e. The predicted octanol–water partition coefficient (Wildman–Crippen LogP) is 3.40. The highest BCUT2D eigenvalue weighted by atomic mass is 15.1. The van der Waals surface area contributed by atoms with Gasteiger partial charge in [-0.25, -0.2) is 0 Å². The number of nitrogens with zero attached hydrogens (tertiary/aromatic N) is 1. The molecule has 2 aliphatic rings. The summed E-state index contributed by atoms with van der Waals surface area (Å²) >= 11 is 0. The molecular weight excluding hydrogens is 220 g/mol. The molecule has 4 rings (SSSR count). The number of nitrogens with one attached hydrogen (secondary N) is 1. The minimum atomic E-state index is 0.981. The molecule has 2 aromatic rings. The zero-order valence-corrected chi connectivity index (χ0v) is 10.7. The number of aromatic amines is 1. The Hall–Kier alpha value is -1.28. The third-order valence-electron chi connectivity index (χ3n) is 4.76. The fourth-order valence-electron chi connectivity index (χ4n) is 3.97. The zero-order valence-electron chi connectivity index (χ0n) is 10.7. The normalized spacial score (nSPS) is 28.0. The van der Waals surface area contributed by atoms with Crippen molar-refractivity contribution < 1.29 is 0 Å². The second-order valence-corrected chi connectivity index (χ2v) is 6.10. The summed E-state index contributed by atoms with van der Waals surface area (Å²) < 4.78 is 0. The fourth-order valence-corrected chi connectivity index (χ4v) is 3.97. The van der Waals surface area contributed by atoms with Crippen molar-refractivity contribution in [1.29, 1.82) is 0 Å². The van der Waals surface area contributed by atoms with Crippen molar-refractivity contribution >= 4 is 10.9 Å². The van der Waals surface area contributed by atoms with Crippen LogP contribution in [0.2, 0.25) is 0 Å². The van der Waals surface area contributed by atoms with Crippen molar-refractivity contribution in [2.75, 3.05) is 13.1 Å². The summed E-state index contributed by atoms with van der Waals surface area (Å²) in [4.78, 5) is 5.98. The molecule has 2 atom stereocenters. The van der Waals surface area contributed by atoms with Crippen molar-refractivity contribution in [2.45, 2.75) is 25.8 Å². The Kier molecular flexibility index (Phi) is 2.44. The second-order valence-electron chi connectivity index (χ2n) is 6.10. The minimum Gasteiger partial charge on any atom is -0.361 e. The van der Waals surface area contributed by atoms with E-state index in [9.17, 15) is 0 Å². The average Bonchev–Trinajstić information content (AvgIpc) is 2.97. The minimum absolute atomic E-state index is 0.981. The van der Waals surface area contributed by atoms with Gasteiger partial charge in [0, 0.05) is 36.7 Å². The van der Waals surface area contributed by atoms with Gasteiger partial charge in [-0.15, -0.1) is 0 Å². The highest BCUT2D eigenvalue weighted by molar-refractivity contribution is 5.82. The smallest absolute Gasteiger partial charge is 0.0457 e. The van der Waals surface area contributed by atoms with Crippen LogP contribution in [0.15, 0.2) is 30.5 Å². The lowest BCUT2D eigenvalue weighted by Gasteiger charge is -2.31. The van der Waals surface area contributed by atoms with Crippen molar-refractivity contribution in [1.82, 2.24) is 9.88 Å². The number of aromatic nitrogens is 1. The Labute approximate surface area is 108 Å². The van der Waals surface area contributed by atoms with Gasteiger partial charge >= 0.3 is 0 Å². The Balaban J connectivity index is 1.59. The maximum absolute atomic E-state index is 3.31. The summed E-state index contributed by atoms with van der Waals surface area (Å²) in [7, 11) is 0. The summed E-state index contributed by atoms with van der Waals surface area (Å²) in [6.07, 6.45) is 6.48.